The predicted molar refractivity (Wildman–Crippen MR) is 81.9 cm³/mol. The molecule has 0 spiro atoms. The van der Waals surface area contributed by atoms with Crippen LogP contribution in [0.5, 0.6) is 0 Å². The summed E-state index contributed by atoms with van der Waals surface area (Å²) in [6, 6.07) is 3.72. The van der Waals surface area contributed by atoms with Crippen molar-refractivity contribution in [3.05, 3.63) is 23.9 Å². The monoisotopic (exact) mass is 275 g/mol. The van der Waals surface area contributed by atoms with Gasteiger partial charge >= 0.3 is 0 Å². The number of amides is 1. The van der Waals surface area contributed by atoms with Crippen LogP contribution in [0.1, 0.15) is 48.9 Å². The van der Waals surface area contributed by atoms with E-state index >= 15 is 0 Å². The Morgan fingerprint density at radius 2 is 2.05 bits per heavy atom. The van der Waals surface area contributed by atoms with Gasteiger partial charge in [-0.3, -0.25) is 4.79 Å². The Kier molecular flexibility index (Phi) is 5.39. The molecule has 0 aliphatic heterocycles. The molecule has 0 aromatic carbocycles. The molecule has 4 nitrogen and oxygen atoms in total. The van der Waals surface area contributed by atoms with Gasteiger partial charge in [0.15, 0.2) is 0 Å². The van der Waals surface area contributed by atoms with Gasteiger partial charge in [0.05, 0.1) is 5.56 Å². The number of rotatable bonds is 5. The molecule has 0 atom stereocenters. The van der Waals surface area contributed by atoms with Gasteiger partial charge in [-0.25, -0.2) is 4.98 Å². The molecule has 0 saturated heterocycles. The van der Waals surface area contributed by atoms with Crippen LogP contribution >= 0.6 is 0 Å². The molecule has 1 aliphatic carbocycles. The van der Waals surface area contributed by atoms with Crippen molar-refractivity contribution >= 4 is 11.7 Å². The number of anilines is 1. The number of pyridine rings is 1. The number of carbonyl (C=O) groups is 1. The van der Waals surface area contributed by atoms with Crippen molar-refractivity contribution in [3.63, 3.8) is 0 Å². The van der Waals surface area contributed by atoms with Gasteiger partial charge in [-0.2, -0.15) is 0 Å². The average molecular weight is 275 g/mol. The highest BCUT2D eigenvalue weighted by molar-refractivity contribution is 5.93. The Morgan fingerprint density at radius 1 is 1.30 bits per heavy atom. The number of aromatic nitrogens is 1. The summed E-state index contributed by atoms with van der Waals surface area (Å²) in [7, 11) is 3.50. The maximum absolute atomic E-state index is 11.7. The smallest absolute Gasteiger partial charge is 0.254 e. The van der Waals surface area contributed by atoms with Crippen molar-refractivity contribution in [2.45, 2.75) is 38.5 Å². The third-order valence-electron chi connectivity index (χ3n) is 4.00. The van der Waals surface area contributed by atoms with Crippen molar-refractivity contribution < 1.29 is 4.79 Å². The van der Waals surface area contributed by atoms with E-state index in [4.69, 9.17) is 0 Å². The van der Waals surface area contributed by atoms with Gasteiger partial charge in [0.25, 0.3) is 5.91 Å². The molecule has 1 amide bonds. The van der Waals surface area contributed by atoms with Gasteiger partial charge in [0.2, 0.25) is 0 Å². The lowest BCUT2D eigenvalue weighted by Crippen LogP contribution is -2.21. The Labute approximate surface area is 121 Å². The zero-order chi connectivity index (χ0) is 14.4. The van der Waals surface area contributed by atoms with Crippen LogP contribution in [0.15, 0.2) is 18.3 Å². The summed E-state index contributed by atoms with van der Waals surface area (Å²) in [5, 5.41) is 3.35. The van der Waals surface area contributed by atoms with Crippen molar-refractivity contribution in [2.24, 2.45) is 5.92 Å². The lowest BCUT2D eigenvalue weighted by atomic mass is 9.87. The average Bonchev–Trinajstić information content (AvgIpc) is 2.48. The maximum Gasteiger partial charge on any atom is 0.254 e. The SMILES string of the molecule is CN(C)C(=O)c1ccc(NCCC2CCCCC2)nc1. The molecule has 1 saturated carbocycles. The number of hydrogen-bond acceptors (Lipinski definition) is 3. The van der Waals surface area contributed by atoms with Gasteiger partial charge in [-0.1, -0.05) is 32.1 Å². The van der Waals surface area contributed by atoms with Gasteiger partial charge in [-0.15, -0.1) is 0 Å². The first-order chi connectivity index (χ1) is 9.66. The molecular weight excluding hydrogens is 250 g/mol. The van der Waals surface area contributed by atoms with Gasteiger partial charge in [-0.05, 0) is 24.5 Å². The van der Waals surface area contributed by atoms with E-state index in [1.807, 2.05) is 12.1 Å². The molecule has 1 fully saturated rings. The summed E-state index contributed by atoms with van der Waals surface area (Å²) in [5.41, 5.74) is 0.632. The zero-order valence-corrected chi connectivity index (χ0v) is 12.6. The molecule has 2 rings (SSSR count). The topological polar surface area (TPSA) is 45.2 Å². The largest absolute Gasteiger partial charge is 0.370 e. The van der Waals surface area contributed by atoms with Crippen molar-refractivity contribution in [1.29, 1.82) is 0 Å². The van der Waals surface area contributed by atoms with Crippen molar-refractivity contribution in [1.82, 2.24) is 9.88 Å². The fraction of sp³-hybridized carbons (Fsp3) is 0.625. The molecule has 1 heterocycles. The molecule has 0 bridgehead atoms. The van der Waals surface area contributed by atoms with Crippen LogP contribution in [0.25, 0.3) is 0 Å². The number of carbonyl (C=O) groups excluding carboxylic acids is 1. The van der Waals surface area contributed by atoms with Crippen LogP contribution in [0.2, 0.25) is 0 Å². The second kappa shape index (κ2) is 7.27. The predicted octanol–water partition coefficient (Wildman–Crippen LogP) is 3.17. The molecule has 1 aromatic heterocycles. The third kappa shape index (κ3) is 4.22. The summed E-state index contributed by atoms with van der Waals surface area (Å²) in [5.74, 6) is 1.73. The lowest BCUT2D eigenvalue weighted by Gasteiger charge is -2.21. The van der Waals surface area contributed by atoms with E-state index in [9.17, 15) is 4.79 Å². The fourth-order valence-electron chi connectivity index (χ4n) is 2.76. The van der Waals surface area contributed by atoms with E-state index in [0.717, 1.165) is 18.3 Å². The minimum atomic E-state index is -0.00810. The van der Waals surface area contributed by atoms with Crippen molar-refractivity contribution in [3.8, 4) is 0 Å². The first-order valence-electron chi connectivity index (χ1n) is 7.58. The lowest BCUT2D eigenvalue weighted by molar-refractivity contribution is 0.0827. The third-order valence-corrected chi connectivity index (χ3v) is 4.00. The Hall–Kier alpha value is -1.58. The normalized spacial score (nSPS) is 15.9. The molecule has 20 heavy (non-hydrogen) atoms. The highest BCUT2D eigenvalue weighted by atomic mass is 16.2. The Bertz CT molecular complexity index is 422. The van der Waals surface area contributed by atoms with Crippen LogP contribution < -0.4 is 5.32 Å². The molecular formula is C16H25N3O. The van der Waals surface area contributed by atoms with Crippen LogP contribution in [0.3, 0.4) is 0 Å². The second-order valence-corrected chi connectivity index (χ2v) is 5.85. The summed E-state index contributed by atoms with van der Waals surface area (Å²) >= 11 is 0. The first-order valence-corrected chi connectivity index (χ1v) is 7.58. The fourth-order valence-corrected chi connectivity index (χ4v) is 2.76. The van der Waals surface area contributed by atoms with E-state index in [1.165, 1.54) is 38.5 Å². The van der Waals surface area contributed by atoms with Gasteiger partial charge in [0, 0.05) is 26.8 Å². The van der Waals surface area contributed by atoms with Crippen LogP contribution in [0.4, 0.5) is 5.82 Å². The number of nitrogens with zero attached hydrogens (tertiary/aromatic N) is 2. The van der Waals surface area contributed by atoms with E-state index in [2.05, 4.69) is 10.3 Å². The van der Waals surface area contributed by atoms with Crippen LogP contribution in [-0.4, -0.2) is 36.4 Å². The minimum Gasteiger partial charge on any atom is -0.370 e. The molecule has 0 unspecified atom stereocenters. The number of hydrogen-bond donors (Lipinski definition) is 1. The van der Waals surface area contributed by atoms with E-state index in [-0.39, 0.29) is 5.91 Å². The molecule has 1 N–H and O–H groups in total. The molecule has 1 aliphatic rings. The zero-order valence-electron chi connectivity index (χ0n) is 12.6. The molecule has 1 aromatic rings. The first kappa shape index (κ1) is 14.8. The summed E-state index contributed by atoms with van der Waals surface area (Å²) in [4.78, 5) is 17.6. The Morgan fingerprint density at radius 3 is 2.65 bits per heavy atom. The van der Waals surface area contributed by atoms with Gasteiger partial charge < -0.3 is 10.2 Å². The minimum absolute atomic E-state index is 0.00810. The maximum atomic E-state index is 11.7. The van der Waals surface area contributed by atoms with Gasteiger partial charge in [0.1, 0.15) is 5.82 Å². The summed E-state index contributed by atoms with van der Waals surface area (Å²) in [6.07, 6.45) is 9.82. The van der Waals surface area contributed by atoms with E-state index < -0.39 is 0 Å². The van der Waals surface area contributed by atoms with Crippen molar-refractivity contribution in [2.75, 3.05) is 26.0 Å². The standard InChI is InChI=1S/C16H25N3O/c1-19(2)16(20)14-8-9-15(18-12-14)17-11-10-13-6-4-3-5-7-13/h8-9,12-13H,3-7,10-11H2,1-2H3,(H,17,18). The van der Waals surface area contributed by atoms with Crippen LogP contribution in [0, 0.1) is 5.92 Å². The van der Waals surface area contributed by atoms with E-state index in [1.54, 1.807) is 25.2 Å². The molecule has 4 heteroatoms. The second-order valence-electron chi connectivity index (χ2n) is 5.85. The van der Waals surface area contributed by atoms with E-state index in [0.29, 0.717) is 5.56 Å². The number of nitrogens with one attached hydrogen (secondary N) is 1. The highest BCUT2D eigenvalue weighted by Gasteiger charge is 2.13. The summed E-state index contributed by atoms with van der Waals surface area (Å²) in [6.45, 7) is 0.971. The quantitative estimate of drug-likeness (QED) is 0.897. The Balaban J connectivity index is 1.77. The molecule has 0 radical (unpaired) electrons. The molecule has 110 valence electrons. The summed E-state index contributed by atoms with van der Waals surface area (Å²) < 4.78 is 0. The van der Waals surface area contributed by atoms with Crippen LogP contribution in [-0.2, 0) is 0 Å². The highest BCUT2D eigenvalue weighted by Crippen LogP contribution is 2.26.